The number of nitriles is 1. The van der Waals surface area contributed by atoms with Crippen molar-refractivity contribution in [2.75, 3.05) is 26.2 Å². The minimum atomic E-state index is -0.373. The van der Waals surface area contributed by atoms with Crippen molar-refractivity contribution >= 4 is 17.7 Å². The van der Waals surface area contributed by atoms with Gasteiger partial charge in [0.15, 0.2) is 0 Å². The highest BCUT2D eigenvalue weighted by Gasteiger charge is 2.36. The van der Waals surface area contributed by atoms with Crippen LogP contribution < -0.4 is 0 Å². The van der Waals surface area contributed by atoms with Gasteiger partial charge in [0, 0.05) is 31.7 Å². The van der Waals surface area contributed by atoms with Crippen molar-refractivity contribution in [3.63, 3.8) is 0 Å². The van der Waals surface area contributed by atoms with Crippen molar-refractivity contribution in [1.29, 1.82) is 5.26 Å². The van der Waals surface area contributed by atoms with Crippen LogP contribution in [0.15, 0.2) is 48.5 Å². The first-order valence-corrected chi connectivity index (χ1v) is 10.9. The van der Waals surface area contributed by atoms with Gasteiger partial charge in [-0.1, -0.05) is 44.2 Å². The summed E-state index contributed by atoms with van der Waals surface area (Å²) >= 11 is 0. The Balaban J connectivity index is 1.47. The fourth-order valence-corrected chi connectivity index (χ4v) is 4.37. The zero-order valence-corrected chi connectivity index (χ0v) is 18.3. The molecule has 0 radical (unpaired) electrons. The van der Waals surface area contributed by atoms with Gasteiger partial charge >= 0.3 is 0 Å². The minimum Gasteiger partial charge on any atom is -0.336 e. The Kier molecular flexibility index (Phi) is 6.06. The average molecular weight is 431 g/mol. The Morgan fingerprint density at radius 3 is 2.25 bits per heavy atom. The molecule has 4 rings (SSSR count). The smallest absolute Gasteiger partial charge is 0.261 e. The van der Waals surface area contributed by atoms with E-state index in [2.05, 4.69) is 11.0 Å². The summed E-state index contributed by atoms with van der Waals surface area (Å²) in [6, 6.07) is 16.3. The van der Waals surface area contributed by atoms with Gasteiger partial charge in [0.25, 0.3) is 17.7 Å². The topological polar surface area (TPSA) is 84.7 Å². The lowest BCUT2D eigenvalue weighted by atomic mass is 10.0. The molecule has 0 N–H and O–H groups in total. The first-order valence-electron chi connectivity index (χ1n) is 10.9. The van der Waals surface area contributed by atoms with Crippen LogP contribution in [0.25, 0.3) is 0 Å². The quantitative estimate of drug-likeness (QED) is 0.681. The Hall–Kier alpha value is -3.50. The molecule has 2 aliphatic heterocycles. The molecule has 0 spiro atoms. The summed E-state index contributed by atoms with van der Waals surface area (Å²) in [6.45, 7) is 6.56. The van der Waals surface area contributed by atoms with Gasteiger partial charge < -0.3 is 4.90 Å². The highest BCUT2D eigenvalue weighted by molar-refractivity contribution is 6.22. The largest absolute Gasteiger partial charge is 0.336 e. The predicted octanol–water partition coefficient (Wildman–Crippen LogP) is 2.79. The van der Waals surface area contributed by atoms with Crippen molar-refractivity contribution in [3.8, 4) is 6.07 Å². The molecule has 2 aromatic carbocycles. The first kappa shape index (κ1) is 21.7. The van der Waals surface area contributed by atoms with Gasteiger partial charge in [-0.25, -0.2) is 0 Å². The number of carbonyl (C=O) groups is 3. The molecular weight excluding hydrogens is 404 g/mol. The lowest BCUT2D eigenvalue weighted by Gasteiger charge is -2.38. The maximum Gasteiger partial charge on any atom is 0.261 e. The van der Waals surface area contributed by atoms with Crippen LogP contribution in [0, 0.1) is 17.2 Å². The fraction of sp³-hybridized carbons (Fsp3) is 0.360. The van der Waals surface area contributed by atoms with E-state index >= 15 is 0 Å². The van der Waals surface area contributed by atoms with E-state index < -0.39 is 0 Å². The maximum atomic E-state index is 13.1. The Morgan fingerprint density at radius 2 is 1.62 bits per heavy atom. The number of amides is 3. The fourth-order valence-electron chi connectivity index (χ4n) is 4.37. The number of carbonyl (C=O) groups excluding carboxylic acids is 3. The number of hydrogen-bond donors (Lipinski definition) is 0. The second-order valence-electron chi connectivity index (χ2n) is 8.59. The van der Waals surface area contributed by atoms with E-state index in [9.17, 15) is 19.6 Å². The van der Waals surface area contributed by atoms with Crippen molar-refractivity contribution < 1.29 is 14.4 Å². The van der Waals surface area contributed by atoms with E-state index in [1.54, 1.807) is 23.1 Å². The summed E-state index contributed by atoms with van der Waals surface area (Å²) in [6.07, 6.45) is 0. The molecule has 0 bridgehead atoms. The summed E-state index contributed by atoms with van der Waals surface area (Å²) < 4.78 is 0. The normalized spacial score (nSPS) is 17.4. The molecule has 3 amide bonds. The third-order valence-electron chi connectivity index (χ3n) is 6.16. The molecule has 7 nitrogen and oxygen atoms in total. The molecule has 0 aromatic heterocycles. The van der Waals surface area contributed by atoms with Gasteiger partial charge in [-0.05, 0) is 29.7 Å². The highest BCUT2D eigenvalue weighted by atomic mass is 16.2. The number of benzene rings is 2. The van der Waals surface area contributed by atoms with Gasteiger partial charge in [-0.3, -0.25) is 24.2 Å². The van der Waals surface area contributed by atoms with Crippen LogP contribution >= 0.6 is 0 Å². The van der Waals surface area contributed by atoms with Crippen molar-refractivity contribution in [1.82, 2.24) is 14.7 Å². The van der Waals surface area contributed by atoms with Crippen molar-refractivity contribution in [3.05, 3.63) is 70.8 Å². The Bertz CT molecular complexity index is 1080. The highest BCUT2D eigenvalue weighted by Crippen LogP contribution is 2.26. The van der Waals surface area contributed by atoms with Crippen molar-refractivity contribution in [2.45, 2.75) is 26.4 Å². The number of fused-ring (bicyclic) bond motifs is 1. The lowest BCUT2D eigenvalue weighted by Crippen LogP contribution is -2.52. The van der Waals surface area contributed by atoms with E-state index in [-0.39, 0.29) is 41.8 Å². The zero-order chi connectivity index (χ0) is 22.8. The number of rotatable bonds is 5. The molecule has 164 valence electrons. The molecule has 1 unspecified atom stereocenters. The molecule has 32 heavy (non-hydrogen) atoms. The van der Waals surface area contributed by atoms with Crippen LogP contribution in [-0.4, -0.2) is 64.6 Å². The van der Waals surface area contributed by atoms with E-state index in [0.29, 0.717) is 37.3 Å². The number of hydrogen-bond acceptors (Lipinski definition) is 5. The van der Waals surface area contributed by atoms with E-state index in [0.717, 1.165) is 5.56 Å². The molecule has 1 saturated heterocycles. The molecule has 2 aromatic rings. The first-order chi connectivity index (χ1) is 15.4. The van der Waals surface area contributed by atoms with Crippen LogP contribution in [0.4, 0.5) is 0 Å². The lowest BCUT2D eigenvalue weighted by molar-refractivity contribution is 0.0576. The molecule has 2 aliphatic rings. The second-order valence-corrected chi connectivity index (χ2v) is 8.59. The third-order valence-corrected chi connectivity index (χ3v) is 6.16. The Labute approximate surface area is 187 Å². The second kappa shape index (κ2) is 8.93. The van der Waals surface area contributed by atoms with Crippen LogP contribution in [0.2, 0.25) is 0 Å². The van der Waals surface area contributed by atoms with Crippen LogP contribution in [0.5, 0.6) is 0 Å². The van der Waals surface area contributed by atoms with E-state index in [1.165, 1.54) is 4.90 Å². The minimum absolute atomic E-state index is 0.160. The molecular formula is C25H26N4O3. The summed E-state index contributed by atoms with van der Waals surface area (Å²) in [5, 5.41) is 9.42. The summed E-state index contributed by atoms with van der Waals surface area (Å²) in [5.41, 5.74) is 1.88. The molecule has 1 atom stereocenters. The summed E-state index contributed by atoms with van der Waals surface area (Å²) in [5.74, 6) is -0.645. The molecule has 7 heteroatoms. The Morgan fingerprint density at radius 1 is 0.969 bits per heavy atom. The number of piperazine rings is 1. The van der Waals surface area contributed by atoms with Gasteiger partial charge in [0.1, 0.15) is 6.04 Å². The number of imide groups is 1. The molecule has 1 fully saturated rings. The standard InChI is InChI=1S/C25H26N4O3/c1-17(2)22(15-26)27-10-12-28(13-11-27)23(30)19-8-9-20-21(14-19)25(32)29(24(20)31)16-18-6-4-3-5-7-18/h3-9,14,17,22H,10-13,16H2,1-2H3. The average Bonchev–Trinajstić information content (AvgIpc) is 3.04. The van der Waals surface area contributed by atoms with Gasteiger partial charge in [-0.15, -0.1) is 0 Å². The summed E-state index contributed by atoms with van der Waals surface area (Å²) in [4.78, 5) is 43.8. The molecule has 2 heterocycles. The SMILES string of the molecule is CC(C)C(C#N)N1CCN(C(=O)c2ccc3c(c2)C(=O)N(Cc2ccccc2)C3=O)CC1. The van der Waals surface area contributed by atoms with E-state index in [4.69, 9.17) is 0 Å². The van der Waals surface area contributed by atoms with Crippen LogP contribution in [-0.2, 0) is 6.54 Å². The predicted molar refractivity (Wildman–Crippen MR) is 119 cm³/mol. The summed E-state index contributed by atoms with van der Waals surface area (Å²) in [7, 11) is 0. The molecule has 0 aliphatic carbocycles. The van der Waals surface area contributed by atoms with E-state index in [1.807, 2.05) is 44.2 Å². The van der Waals surface area contributed by atoms with Crippen LogP contribution in [0.3, 0.4) is 0 Å². The van der Waals surface area contributed by atoms with Gasteiger partial charge in [-0.2, -0.15) is 5.26 Å². The van der Waals surface area contributed by atoms with Gasteiger partial charge in [0.2, 0.25) is 0 Å². The molecule has 0 saturated carbocycles. The third kappa shape index (κ3) is 4.02. The zero-order valence-electron chi connectivity index (χ0n) is 18.3. The van der Waals surface area contributed by atoms with Gasteiger partial charge in [0.05, 0.1) is 23.7 Å². The van der Waals surface area contributed by atoms with Crippen molar-refractivity contribution in [2.24, 2.45) is 5.92 Å². The number of nitrogens with zero attached hydrogens (tertiary/aromatic N) is 4. The maximum absolute atomic E-state index is 13.1. The van der Waals surface area contributed by atoms with Crippen LogP contribution in [0.1, 0.15) is 50.5 Å². The monoisotopic (exact) mass is 430 g/mol.